The van der Waals surface area contributed by atoms with E-state index < -0.39 is 5.92 Å². The van der Waals surface area contributed by atoms with Gasteiger partial charge in [-0.1, -0.05) is 61.5 Å². The summed E-state index contributed by atoms with van der Waals surface area (Å²) in [6.45, 7) is 4.38. The average Bonchev–Trinajstić information content (AvgIpc) is 2.72. The van der Waals surface area contributed by atoms with Gasteiger partial charge < -0.3 is 10.4 Å². The van der Waals surface area contributed by atoms with Crippen LogP contribution in [0, 0.1) is 5.92 Å². The van der Waals surface area contributed by atoms with E-state index in [4.69, 9.17) is 0 Å². The molecule has 1 heterocycles. The Labute approximate surface area is 166 Å². The summed E-state index contributed by atoms with van der Waals surface area (Å²) in [5.41, 5.74) is 4.57. The standard InChI is InChI=1S/C24H26N2O2/c1-3-5-9-17(4-2)19-12-13-22(27)20(14-19)15-21-23(25-16-26-24(21)28)18-10-7-6-8-11-18/h4-14,21,27H,3,15-16H2,1-2H3,(H,26,28). The Hall–Kier alpha value is -3.14. The summed E-state index contributed by atoms with van der Waals surface area (Å²) in [5.74, 6) is -0.294. The van der Waals surface area contributed by atoms with Crippen LogP contribution in [0.5, 0.6) is 5.75 Å². The lowest BCUT2D eigenvalue weighted by Crippen LogP contribution is -2.41. The molecule has 1 amide bonds. The number of phenols is 1. The van der Waals surface area contributed by atoms with Crippen molar-refractivity contribution < 1.29 is 9.90 Å². The van der Waals surface area contributed by atoms with Gasteiger partial charge in [0.05, 0.1) is 11.6 Å². The predicted molar refractivity (Wildman–Crippen MR) is 114 cm³/mol. The maximum atomic E-state index is 12.6. The molecule has 1 unspecified atom stereocenters. The van der Waals surface area contributed by atoms with Crippen LogP contribution in [0.15, 0.2) is 71.8 Å². The molecule has 0 aromatic heterocycles. The van der Waals surface area contributed by atoms with Crippen molar-refractivity contribution in [3.8, 4) is 5.75 Å². The van der Waals surface area contributed by atoms with E-state index in [0.29, 0.717) is 6.42 Å². The van der Waals surface area contributed by atoms with E-state index in [1.165, 1.54) is 0 Å². The summed E-state index contributed by atoms with van der Waals surface area (Å²) in [5, 5.41) is 13.2. The number of hydrogen-bond donors (Lipinski definition) is 2. The fourth-order valence-electron chi connectivity index (χ4n) is 3.40. The topological polar surface area (TPSA) is 61.7 Å². The molecule has 0 fully saturated rings. The highest BCUT2D eigenvalue weighted by atomic mass is 16.3. The second kappa shape index (κ2) is 9.18. The molecule has 0 saturated heterocycles. The smallest absolute Gasteiger partial charge is 0.230 e. The lowest BCUT2D eigenvalue weighted by atomic mass is 9.87. The molecule has 2 N–H and O–H groups in total. The molecule has 1 aliphatic rings. The average molecular weight is 374 g/mol. The fourth-order valence-corrected chi connectivity index (χ4v) is 3.40. The van der Waals surface area contributed by atoms with Gasteiger partial charge in [0, 0.05) is 0 Å². The van der Waals surface area contributed by atoms with Crippen LogP contribution < -0.4 is 5.32 Å². The zero-order valence-electron chi connectivity index (χ0n) is 16.4. The highest BCUT2D eigenvalue weighted by Crippen LogP contribution is 2.28. The Morgan fingerprint density at radius 2 is 2.04 bits per heavy atom. The van der Waals surface area contributed by atoms with Crippen molar-refractivity contribution in [3.63, 3.8) is 0 Å². The molecule has 0 spiro atoms. The molecule has 4 heteroatoms. The van der Waals surface area contributed by atoms with Crippen molar-refractivity contribution in [2.75, 3.05) is 6.67 Å². The van der Waals surface area contributed by atoms with Gasteiger partial charge in [0.2, 0.25) is 5.91 Å². The van der Waals surface area contributed by atoms with E-state index in [2.05, 4.69) is 29.4 Å². The van der Waals surface area contributed by atoms with Crippen molar-refractivity contribution >= 4 is 17.2 Å². The molecule has 1 atom stereocenters. The SMILES string of the molecule is CC=C(C=CCC)c1ccc(O)c(CC2C(=O)NCN=C2c2ccccc2)c1. The number of nitrogens with zero attached hydrogens (tertiary/aromatic N) is 1. The Morgan fingerprint density at radius 1 is 1.25 bits per heavy atom. The van der Waals surface area contributed by atoms with Gasteiger partial charge in [-0.05, 0) is 54.2 Å². The summed E-state index contributed by atoms with van der Waals surface area (Å²) >= 11 is 0. The number of amides is 1. The predicted octanol–water partition coefficient (Wildman–Crippen LogP) is 4.50. The number of phenolic OH excluding ortho intramolecular Hbond substituents is 1. The Kier molecular flexibility index (Phi) is 6.43. The third-order valence-electron chi connectivity index (χ3n) is 4.90. The first-order valence-electron chi connectivity index (χ1n) is 9.66. The first-order valence-corrected chi connectivity index (χ1v) is 9.66. The Balaban J connectivity index is 1.94. The molecule has 0 bridgehead atoms. The Morgan fingerprint density at radius 3 is 2.75 bits per heavy atom. The monoisotopic (exact) mass is 374 g/mol. The minimum atomic E-state index is -0.433. The van der Waals surface area contributed by atoms with Crippen molar-refractivity contribution in [3.05, 3.63) is 83.4 Å². The minimum Gasteiger partial charge on any atom is -0.508 e. The molecule has 0 aliphatic carbocycles. The van der Waals surface area contributed by atoms with Crippen molar-refractivity contribution in [2.24, 2.45) is 10.9 Å². The first kappa shape index (κ1) is 19.6. The van der Waals surface area contributed by atoms with Crippen LogP contribution in [0.2, 0.25) is 0 Å². The summed E-state index contributed by atoms with van der Waals surface area (Å²) in [4.78, 5) is 17.2. The largest absolute Gasteiger partial charge is 0.508 e. The molecule has 2 aromatic rings. The van der Waals surface area contributed by atoms with Crippen LogP contribution >= 0.6 is 0 Å². The van der Waals surface area contributed by atoms with E-state index in [-0.39, 0.29) is 18.3 Å². The molecule has 1 aliphatic heterocycles. The third kappa shape index (κ3) is 4.39. The molecule has 3 rings (SSSR count). The molecule has 4 nitrogen and oxygen atoms in total. The van der Waals surface area contributed by atoms with Crippen LogP contribution in [0.1, 0.15) is 37.0 Å². The van der Waals surface area contributed by atoms with Gasteiger partial charge in [-0.3, -0.25) is 9.79 Å². The number of hydrogen-bond acceptors (Lipinski definition) is 3. The van der Waals surface area contributed by atoms with Gasteiger partial charge in [-0.15, -0.1) is 0 Å². The Bertz CT molecular complexity index is 927. The number of aliphatic imine (C=N–C) groups is 1. The minimum absolute atomic E-state index is 0.0595. The summed E-state index contributed by atoms with van der Waals surface area (Å²) < 4.78 is 0. The quantitative estimate of drug-likeness (QED) is 0.732. The van der Waals surface area contributed by atoms with Crippen LogP contribution in [0.4, 0.5) is 0 Å². The number of benzene rings is 2. The fraction of sp³-hybridized carbons (Fsp3) is 0.250. The summed E-state index contributed by atoms with van der Waals surface area (Å²) in [6, 6.07) is 15.3. The molecule has 0 radical (unpaired) electrons. The number of carbonyl (C=O) groups is 1. The molecule has 2 aromatic carbocycles. The second-order valence-electron chi connectivity index (χ2n) is 6.76. The normalized spacial score (nSPS) is 17.5. The van der Waals surface area contributed by atoms with E-state index in [1.807, 2.05) is 55.5 Å². The van der Waals surface area contributed by atoms with Gasteiger partial charge >= 0.3 is 0 Å². The molecular formula is C24H26N2O2. The summed E-state index contributed by atoms with van der Waals surface area (Å²) in [7, 11) is 0. The number of rotatable bonds is 6. The van der Waals surface area contributed by atoms with E-state index >= 15 is 0 Å². The lowest BCUT2D eigenvalue weighted by Gasteiger charge is -2.24. The van der Waals surface area contributed by atoms with Crippen LogP contribution in [0.3, 0.4) is 0 Å². The third-order valence-corrected chi connectivity index (χ3v) is 4.90. The van der Waals surface area contributed by atoms with E-state index in [0.717, 1.165) is 34.4 Å². The van der Waals surface area contributed by atoms with Gasteiger partial charge in [0.15, 0.2) is 0 Å². The van der Waals surface area contributed by atoms with E-state index in [1.54, 1.807) is 6.07 Å². The van der Waals surface area contributed by atoms with Crippen molar-refractivity contribution in [2.45, 2.75) is 26.7 Å². The molecule has 144 valence electrons. The van der Waals surface area contributed by atoms with Gasteiger partial charge in [0.25, 0.3) is 0 Å². The van der Waals surface area contributed by atoms with Crippen LogP contribution in [-0.4, -0.2) is 23.4 Å². The van der Waals surface area contributed by atoms with Gasteiger partial charge in [-0.25, -0.2) is 0 Å². The molecule has 0 saturated carbocycles. The highest BCUT2D eigenvalue weighted by molar-refractivity contribution is 6.14. The van der Waals surface area contributed by atoms with Crippen LogP contribution in [0.25, 0.3) is 5.57 Å². The number of allylic oxidation sites excluding steroid dienone is 4. The second-order valence-corrected chi connectivity index (χ2v) is 6.76. The maximum absolute atomic E-state index is 12.6. The highest BCUT2D eigenvalue weighted by Gasteiger charge is 2.29. The van der Waals surface area contributed by atoms with Gasteiger partial charge in [-0.2, -0.15) is 0 Å². The lowest BCUT2D eigenvalue weighted by molar-refractivity contribution is -0.123. The van der Waals surface area contributed by atoms with Crippen molar-refractivity contribution in [1.29, 1.82) is 0 Å². The van der Waals surface area contributed by atoms with Crippen molar-refractivity contribution in [1.82, 2.24) is 5.32 Å². The van der Waals surface area contributed by atoms with Crippen LogP contribution in [-0.2, 0) is 11.2 Å². The zero-order valence-corrected chi connectivity index (χ0v) is 16.4. The number of nitrogens with one attached hydrogen (secondary N) is 1. The maximum Gasteiger partial charge on any atom is 0.230 e. The number of aromatic hydroxyl groups is 1. The summed E-state index contributed by atoms with van der Waals surface area (Å²) in [6.07, 6.45) is 7.60. The molecular weight excluding hydrogens is 348 g/mol. The van der Waals surface area contributed by atoms with E-state index in [9.17, 15) is 9.90 Å². The number of carbonyl (C=O) groups excluding carboxylic acids is 1. The van der Waals surface area contributed by atoms with Gasteiger partial charge in [0.1, 0.15) is 12.4 Å². The zero-order chi connectivity index (χ0) is 19.9. The molecule has 28 heavy (non-hydrogen) atoms. The first-order chi connectivity index (χ1) is 13.6.